The highest BCUT2D eigenvalue weighted by Gasteiger charge is 2.06. The molecule has 2 aromatic rings. The molecule has 3 nitrogen and oxygen atoms in total. The second-order valence-electron chi connectivity index (χ2n) is 4.76. The molecule has 2 aromatic carbocycles. The van der Waals surface area contributed by atoms with Crippen LogP contribution in [-0.4, -0.2) is 7.11 Å². The molecule has 0 atom stereocenters. The van der Waals surface area contributed by atoms with E-state index < -0.39 is 0 Å². The number of hydrogen-bond acceptors (Lipinski definition) is 3. The predicted octanol–water partition coefficient (Wildman–Crippen LogP) is 3.80. The monoisotopic (exact) mass is 266 g/mol. The first-order valence-corrected chi connectivity index (χ1v) is 6.53. The molecule has 0 radical (unpaired) electrons. The molecule has 2 rings (SSSR count). The maximum atomic E-state index is 8.99. The van der Waals surface area contributed by atoms with Gasteiger partial charge in [0.2, 0.25) is 0 Å². The van der Waals surface area contributed by atoms with E-state index >= 15 is 0 Å². The van der Waals surface area contributed by atoms with Crippen LogP contribution in [0.3, 0.4) is 0 Å². The number of nitrogens with one attached hydrogen (secondary N) is 1. The summed E-state index contributed by atoms with van der Waals surface area (Å²) in [6.45, 7) is 4.79. The van der Waals surface area contributed by atoms with Crippen LogP contribution in [-0.2, 0) is 6.54 Å². The Kier molecular flexibility index (Phi) is 4.27. The molecule has 0 spiro atoms. The number of para-hydroxylation sites is 1. The fourth-order valence-electron chi connectivity index (χ4n) is 2.26. The highest BCUT2D eigenvalue weighted by atomic mass is 16.5. The molecule has 0 aliphatic carbocycles. The van der Waals surface area contributed by atoms with Crippen molar-refractivity contribution in [2.75, 3.05) is 12.4 Å². The smallest absolute Gasteiger partial charge is 0.123 e. The number of anilines is 1. The minimum Gasteiger partial charge on any atom is -0.496 e. The molecule has 0 saturated carbocycles. The molecule has 0 heterocycles. The van der Waals surface area contributed by atoms with Crippen molar-refractivity contribution in [3.63, 3.8) is 0 Å². The molecular weight excluding hydrogens is 248 g/mol. The molecule has 1 N–H and O–H groups in total. The van der Waals surface area contributed by atoms with Crippen molar-refractivity contribution in [3.8, 4) is 11.8 Å². The molecule has 0 bridgehead atoms. The molecule has 0 saturated heterocycles. The predicted molar refractivity (Wildman–Crippen MR) is 81.0 cm³/mol. The van der Waals surface area contributed by atoms with Crippen molar-refractivity contribution < 1.29 is 4.74 Å². The maximum absolute atomic E-state index is 8.99. The van der Waals surface area contributed by atoms with Gasteiger partial charge in [-0.15, -0.1) is 0 Å². The second-order valence-corrected chi connectivity index (χ2v) is 4.76. The summed E-state index contributed by atoms with van der Waals surface area (Å²) in [5.74, 6) is 0.794. The quantitative estimate of drug-likeness (QED) is 0.915. The summed E-state index contributed by atoms with van der Waals surface area (Å²) in [5, 5.41) is 12.4. The summed E-state index contributed by atoms with van der Waals surface area (Å²) in [4.78, 5) is 0. The van der Waals surface area contributed by atoms with Gasteiger partial charge in [-0.25, -0.2) is 0 Å². The fourth-order valence-corrected chi connectivity index (χ4v) is 2.26. The van der Waals surface area contributed by atoms with E-state index in [1.807, 2.05) is 18.2 Å². The number of aryl methyl sites for hydroxylation is 2. The molecule has 102 valence electrons. The van der Waals surface area contributed by atoms with E-state index in [2.05, 4.69) is 37.4 Å². The van der Waals surface area contributed by atoms with Crippen LogP contribution in [0.25, 0.3) is 0 Å². The molecule has 0 aliphatic heterocycles. The molecular formula is C17H18N2O. The standard InChI is InChI=1S/C17H18N2O/c1-12-5-4-6-13(2)17(12)19-11-15-9-14(10-18)7-8-16(15)20-3/h4-9,19H,11H2,1-3H3. The van der Waals surface area contributed by atoms with Gasteiger partial charge in [0.05, 0.1) is 18.7 Å². The van der Waals surface area contributed by atoms with E-state index in [1.54, 1.807) is 13.2 Å². The van der Waals surface area contributed by atoms with Crippen LogP contribution in [0.15, 0.2) is 36.4 Å². The van der Waals surface area contributed by atoms with Gasteiger partial charge in [0, 0.05) is 17.8 Å². The largest absolute Gasteiger partial charge is 0.496 e. The Morgan fingerprint density at radius 3 is 2.45 bits per heavy atom. The van der Waals surface area contributed by atoms with Gasteiger partial charge in [-0.05, 0) is 43.2 Å². The first kappa shape index (κ1) is 14.0. The van der Waals surface area contributed by atoms with Gasteiger partial charge in [-0.1, -0.05) is 18.2 Å². The minimum atomic E-state index is 0.629. The fraction of sp³-hybridized carbons (Fsp3) is 0.235. The van der Waals surface area contributed by atoms with Crippen LogP contribution in [0.2, 0.25) is 0 Å². The van der Waals surface area contributed by atoms with Crippen LogP contribution < -0.4 is 10.1 Å². The summed E-state index contributed by atoms with van der Waals surface area (Å²) in [7, 11) is 1.64. The summed E-state index contributed by atoms with van der Waals surface area (Å²) in [6, 6.07) is 13.8. The maximum Gasteiger partial charge on any atom is 0.123 e. The third-order valence-corrected chi connectivity index (χ3v) is 3.35. The number of ether oxygens (including phenoxy) is 1. The Balaban J connectivity index is 2.25. The topological polar surface area (TPSA) is 45.0 Å². The van der Waals surface area contributed by atoms with Crippen molar-refractivity contribution in [2.45, 2.75) is 20.4 Å². The lowest BCUT2D eigenvalue weighted by Gasteiger charge is -2.14. The zero-order valence-corrected chi connectivity index (χ0v) is 12.0. The summed E-state index contributed by atoms with van der Waals surface area (Å²) in [5.41, 5.74) is 5.18. The van der Waals surface area contributed by atoms with Gasteiger partial charge >= 0.3 is 0 Å². The van der Waals surface area contributed by atoms with Crippen molar-refractivity contribution in [3.05, 3.63) is 58.7 Å². The lowest BCUT2D eigenvalue weighted by Crippen LogP contribution is -2.04. The Hall–Kier alpha value is -2.47. The summed E-state index contributed by atoms with van der Waals surface area (Å²) < 4.78 is 5.34. The average Bonchev–Trinajstić information content (AvgIpc) is 2.46. The number of rotatable bonds is 4. The van der Waals surface area contributed by atoms with Crippen molar-refractivity contribution in [1.29, 1.82) is 5.26 Å². The highest BCUT2D eigenvalue weighted by molar-refractivity contribution is 5.57. The SMILES string of the molecule is COc1ccc(C#N)cc1CNc1c(C)cccc1C. The molecule has 0 unspecified atom stereocenters. The molecule has 0 fully saturated rings. The third-order valence-electron chi connectivity index (χ3n) is 3.35. The lowest BCUT2D eigenvalue weighted by molar-refractivity contribution is 0.410. The van der Waals surface area contributed by atoms with Crippen molar-refractivity contribution in [1.82, 2.24) is 0 Å². The Morgan fingerprint density at radius 1 is 1.15 bits per heavy atom. The van der Waals surface area contributed by atoms with Gasteiger partial charge < -0.3 is 10.1 Å². The number of methoxy groups -OCH3 is 1. The van der Waals surface area contributed by atoms with Crippen molar-refractivity contribution >= 4 is 5.69 Å². The van der Waals surface area contributed by atoms with E-state index in [0.29, 0.717) is 12.1 Å². The molecule has 0 aliphatic rings. The van der Waals surface area contributed by atoms with Gasteiger partial charge in [0.15, 0.2) is 0 Å². The first-order valence-electron chi connectivity index (χ1n) is 6.53. The van der Waals surface area contributed by atoms with Crippen molar-refractivity contribution in [2.24, 2.45) is 0 Å². The van der Waals surface area contributed by atoms with E-state index in [9.17, 15) is 0 Å². The molecule has 20 heavy (non-hydrogen) atoms. The summed E-state index contributed by atoms with van der Waals surface area (Å²) >= 11 is 0. The van der Waals surface area contributed by atoms with Gasteiger partial charge in [-0.3, -0.25) is 0 Å². The Morgan fingerprint density at radius 2 is 1.85 bits per heavy atom. The van der Waals surface area contributed by atoms with Gasteiger partial charge in [-0.2, -0.15) is 5.26 Å². The summed E-state index contributed by atoms with van der Waals surface area (Å²) in [6.07, 6.45) is 0. The molecule has 0 aromatic heterocycles. The molecule has 0 amide bonds. The Bertz CT molecular complexity index is 636. The Labute approximate surface area is 119 Å². The van der Waals surface area contributed by atoms with Gasteiger partial charge in [0.25, 0.3) is 0 Å². The highest BCUT2D eigenvalue weighted by Crippen LogP contribution is 2.24. The average molecular weight is 266 g/mol. The normalized spacial score (nSPS) is 9.90. The number of nitrogens with zero attached hydrogens (tertiary/aromatic N) is 1. The van der Waals surface area contributed by atoms with E-state index in [-0.39, 0.29) is 0 Å². The lowest BCUT2D eigenvalue weighted by atomic mass is 10.1. The number of nitriles is 1. The zero-order valence-electron chi connectivity index (χ0n) is 12.0. The third kappa shape index (κ3) is 2.92. The van der Waals surface area contributed by atoms with Crippen LogP contribution in [0, 0.1) is 25.2 Å². The van der Waals surface area contributed by atoms with E-state index in [4.69, 9.17) is 10.00 Å². The zero-order chi connectivity index (χ0) is 14.5. The number of hydrogen-bond donors (Lipinski definition) is 1. The van der Waals surface area contributed by atoms with Gasteiger partial charge in [0.1, 0.15) is 5.75 Å². The van der Waals surface area contributed by atoms with E-state index in [1.165, 1.54) is 11.1 Å². The van der Waals surface area contributed by atoms with Crippen LogP contribution >= 0.6 is 0 Å². The minimum absolute atomic E-state index is 0.629. The first-order chi connectivity index (χ1) is 9.65. The van der Waals surface area contributed by atoms with Crippen LogP contribution in [0.1, 0.15) is 22.3 Å². The van der Waals surface area contributed by atoms with E-state index in [0.717, 1.165) is 17.0 Å². The number of benzene rings is 2. The van der Waals surface area contributed by atoms with Crippen LogP contribution in [0.5, 0.6) is 5.75 Å². The van der Waals surface area contributed by atoms with Crippen LogP contribution in [0.4, 0.5) is 5.69 Å². The second kappa shape index (κ2) is 6.12. The molecule has 3 heteroatoms.